The third-order valence-electron chi connectivity index (χ3n) is 4.00. The van der Waals surface area contributed by atoms with Gasteiger partial charge in [-0.2, -0.15) is 13.2 Å². The number of amides is 5. The smallest absolute Gasteiger partial charge is 0.333 e. The Bertz CT molecular complexity index is 609. The summed E-state index contributed by atoms with van der Waals surface area (Å²) >= 11 is 0. The lowest BCUT2D eigenvalue weighted by Crippen LogP contribution is -2.59. The number of urea groups is 1. The Morgan fingerprint density at radius 1 is 1.08 bits per heavy atom. The van der Waals surface area contributed by atoms with Crippen LogP contribution in [-0.4, -0.2) is 77.6 Å². The van der Waals surface area contributed by atoms with Crippen molar-refractivity contribution in [2.45, 2.75) is 12.6 Å². The van der Waals surface area contributed by atoms with E-state index in [1.165, 1.54) is 0 Å². The first-order valence-corrected chi connectivity index (χ1v) is 6.91. The minimum Gasteiger partial charge on any atom is -0.333 e. The molecule has 8 nitrogen and oxygen atoms in total. The molecule has 0 aromatic rings. The minimum absolute atomic E-state index is 0.471. The van der Waals surface area contributed by atoms with E-state index in [1.54, 1.807) is 0 Å². The van der Waals surface area contributed by atoms with E-state index in [4.69, 9.17) is 0 Å². The topological polar surface area (TPSA) is 95.1 Å². The Balaban J connectivity index is 2.17. The first kappa shape index (κ1) is 17.9. The van der Waals surface area contributed by atoms with Gasteiger partial charge >= 0.3 is 12.2 Å². The number of hydrogen-bond acceptors (Lipinski definition) is 5. The number of carbonyl (C=O) groups excluding carboxylic acids is 5. The number of rotatable bonds is 3. The molecule has 2 aliphatic rings. The Labute approximate surface area is 134 Å². The van der Waals surface area contributed by atoms with Crippen molar-refractivity contribution in [2.24, 2.45) is 11.8 Å². The molecule has 2 rings (SSSR count). The van der Waals surface area contributed by atoms with Crippen molar-refractivity contribution in [1.82, 2.24) is 14.7 Å². The zero-order valence-electron chi connectivity index (χ0n) is 12.8. The number of barbiturate groups is 1. The molecule has 1 atom stereocenters. The summed E-state index contributed by atoms with van der Waals surface area (Å²) in [5, 5.41) is 0. The van der Waals surface area contributed by atoms with Crippen LogP contribution in [0.5, 0.6) is 0 Å². The SMILES string of the molecule is CN1C(=O)C(C(=O)C2CC(=O)N(CC(F)(F)F)C2)C(=O)N(C)C1=O. The molecule has 0 N–H and O–H groups in total. The third kappa shape index (κ3) is 3.10. The van der Waals surface area contributed by atoms with Crippen molar-refractivity contribution < 1.29 is 37.1 Å². The third-order valence-corrected chi connectivity index (χ3v) is 4.00. The Hall–Kier alpha value is -2.46. The molecule has 0 aromatic heterocycles. The summed E-state index contributed by atoms with van der Waals surface area (Å²) in [5.74, 6) is -6.94. The number of ketones is 1. The Morgan fingerprint density at radius 3 is 2.04 bits per heavy atom. The van der Waals surface area contributed by atoms with Gasteiger partial charge < -0.3 is 4.90 Å². The molecule has 2 aliphatic heterocycles. The zero-order chi connectivity index (χ0) is 18.4. The van der Waals surface area contributed by atoms with Crippen molar-refractivity contribution in [2.75, 3.05) is 27.2 Å². The van der Waals surface area contributed by atoms with Gasteiger partial charge in [0.15, 0.2) is 11.7 Å². The van der Waals surface area contributed by atoms with Gasteiger partial charge in [0.25, 0.3) is 11.8 Å². The second kappa shape index (κ2) is 5.87. The van der Waals surface area contributed by atoms with Crippen LogP contribution in [0.4, 0.5) is 18.0 Å². The molecule has 11 heteroatoms. The monoisotopic (exact) mass is 349 g/mol. The lowest BCUT2D eigenvalue weighted by Gasteiger charge is -2.32. The van der Waals surface area contributed by atoms with Gasteiger partial charge in [-0.1, -0.05) is 0 Å². The van der Waals surface area contributed by atoms with E-state index in [9.17, 15) is 37.1 Å². The molecule has 5 amide bonds. The highest BCUT2D eigenvalue weighted by Gasteiger charge is 2.50. The van der Waals surface area contributed by atoms with Crippen molar-refractivity contribution in [3.63, 3.8) is 0 Å². The highest BCUT2D eigenvalue weighted by atomic mass is 19.4. The molecule has 0 saturated carbocycles. The molecule has 2 fully saturated rings. The summed E-state index contributed by atoms with van der Waals surface area (Å²) in [6.07, 6.45) is -5.12. The molecule has 2 heterocycles. The summed E-state index contributed by atoms with van der Waals surface area (Å²) in [7, 11) is 2.17. The fourth-order valence-corrected chi connectivity index (χ4v) is 2.72. The van der Waals surface area contributed by atoms with Gasteiger partial charge in [-0.25, -0.2) is 4.79 Å². The molecular weight excluding hydrogens is 335 g/mol. The van der Waals surface area contributed by atoms with E-state index < -0.39 is 67.1 Å². The fraction of sp³-hybridized carbons (Fsp3) is 0.615. The molecule has 1 unspecified atom stereocenters. The van der Waals surface area contributed by atoms with E-state index in [1.807, 2.05) is 0 Å². The summed E-state index contributed by atoms with van der Waals surface area (Å²) in [4.78, 5) is 61.4. The van der Waals surface area contributed by atoms with Crippen molar-refractivity contribution in [1.29, 1.82) is 0 Å². The quantitative estimate of drug-likeness (QED) is 0.648. The van der Waals surface area contributed by atoms with Crippen LogP contribution in [0.2, 0.25) is 0 Å². The number of nitrogens with zero attached hydrogens (tertiary/aromatic N) is 3. The van der Waals surface area contributed by atoms with Crippen LogP contribution in [0.15, 0.2) is 0 Å². The average Bonchev–Trinajstić information content (AvgIpc) is 2.82. The summed E-state index contributed by atoms with van der Waals surface area (Å²) in [6.45, 7) is -2.02. The van der Waals surface area contributed by atoms with E-state index in [2.05, 4.69) is 0 Å². The number of likely N-dealkylation sites (tertiary alicyclic amines) is 1. The highest BCUT2D eigenvalue weighted by Crippen LogP contribution is 2.28. The first-order valence-electron chi connectivity index (χ1n) is 6.91. The number of carbonyl (C=O) groups is 5. The largest absolute Gasteiger partial charge is 0.406 e. The maximum absolute atomic E-state index is 12.4. The highest BCUT2D eigenvalue weighted by molar-refractivity contribution is 6.26. The van der Waals surface area contributed by atoms with E-state index in [-0.39, 0.29) is 0 Å². The molecule has 132 valence electrons. The summed E-state index contributed by atoms with van der Waals surface area (Å²) in [6, 6.07) is -0.907. The second-order valence-electron chi connectivity index (χ2n) is 5.70. The molecular formula is C13H14F3N3O5. The zero-order valence-corrected chi connectivity index (χ0v) is 12.8. The maximum atomic E-state index is 12.4. The molecule has 0 bridgehead atoms. The number of halogens is 3. The minimum atomic E-state index is -4.61. The molecule has 0 aromatic carbocycles. The first-order chi connectivity index (χ1) is 10.9. The Morgan fingerprint density at radius 2 is 1.58 bits per heavy atom. The van der Waals surface area contributed by atoms with Gasteiger partial charge in [0.2, 0.25) is 5.91 Å². The van der Waals surface area contributed by atoms with Crippen LogP contribution in [0.25, 0.3) is 0 Å². The molecule has 2 saturated heterocycles. The Kier molecular flexibility index (Phi) is 4.38. The lowest BCUT2D eigenvalue weighted by molar-refractivity contribution is -0.157. The molecule has 24 heavy (non-hydrogen) atoms. The van der Waals surface area contributed by atoms with Gasteiger partial charge in [0, 0.05) is 33.0 Å². The van der Waals surface area contributed by atoms with E-state index >= 15 is 0 Å². The van der Waals surface area contributed by atoms with Crippen LogP contribution >= 0.6 is 0 Å². The summed E-state index contributed by atoms with van der Waals surface area (Å²) in [5.41, 5.74) is 0. The maximum Gasteiger partial charge on any atom is 0.406 e. The second-order valence-corrected chi connectivity index (χ2v) is 5.70. The van der Waals surface area contributed by atoms with E-state index in [0.717, 1.165) is 14.1 Å². The predicted molar refractivity (Wildman–Crippen MR) is 70.2 cm³/mol. The van der Waals surface area contributed by atoms with Crippen molar-refractivity contribution >= 4 is 29.5 Å². The molecule has 0 spiro atoms. The van der Waals surface area contributed by atoms with Crippen LogP contribution in [0.3, 0.4) is 0 Å². The molecule has 0 radical (unpaired) electrons. The number of imide groups is 2. The van der Waals surface area contributed by atoms with Gasteiger partial charge in [-0.3, -0.25) is 29.0 Å². The van der Waals surface area contributed by atoms with Gasteiger partial charge in [-0.05, 0) is 0 Å². The lowest BCUT2D eigenvalue weighted by atomic mass is 9.89. The van der Waals surface area contributed by atoms with Crippen LogP contribution in [0, 0.1) is 11.8 Å². The number of hydrogen-bond donors (Lipinski definition) is 0. The molecule has 0 aliphatic carbocycles. The van der Waals surface area contributed by atoms with Crippen LogP contribution < -0.4 is 0 Å². The van der Waals surface area contributed by atoms with Gasteiger partial charge in [-0.15, -0.1) is 0 Å². The standard InChI is InChI=1S/C13H14F3N3O5/c1-17-10(22)8(11(23)18(2)12(17)24)9(21)6-3-7(20)19(4-6)5-13(14,15)16/h6,8H,3-5H2,1-2H3. The summed E-state index contributed by atoms with van der Waals surface area (Å²) < 4.78 is 37.2. The predicted octanol–water partition coefficient (Wildman–Crippen LogP) is -0.367. The van der Waals surface area contributed by atoms with Crippen molar-refractivity contribution in [3.8, 4) is 0 Å². The van der Waals surface area contributed by atoms with Crippen LogP contribution in [0.1, 0.15) is 6.42 Å². The normalized spacial score (nSPS) is 23.5. The van der Waals surface area contributed by atoms with Crippen LogP contribution in [-0.2, 0) is 19.2 Å². The average molecular weight is 349 g/mol. The van der Waals surface area contributed by atoms with Crippen molar-refractivity contribution in [3.05, 3.63) is 0 Å². The number of Topliss-reactive ketones (excluding diaryl/α,β-unsaturated/α-hetero) is 1. The fourth-order valence-electron chi connectivity index (χ4n) is 2.72. The van der Waals surface area contributed by atoms with Gasteiger partial charge in [0.1, 0.15) is 6.54 Å². The van der Waals surface area contributed by atoms with Gasteiger partial charge in [0.05, 0.1) is 0 Å². The number of alkyl halides is 3. The van der Waals surface area contributed by atoms with E-state index in [0.29, 0.717) is 14.7 Å².